The summed E-state index contributed by atoms with van der Waals surface area (Å²) in [5.41, 5.74) is 6.18. The fraction of sp³-hybridized carbons (Fsp3) is 0.667. The molecule has 0 saturated heterocycles. The van der Waals surface area contributed by atoms with Gasteiger partial charge in [0.2, 0.25) is 5.95 Å². The van der Waals surface area contributed by atoms with Gasteiger partial charge in [-0.2, -0.15) is 0 Å². The Morgan fingerprint density at radius 1 is 1.24 bits per heavy atom. The fourth-order valence-electron chi connectivity index (χ4n) is 2.42. The van der Waals surface area contributed by atoms with Crippen molar-refractivity contribution >= 4 is 21.9 Å². The molecule has 0 unspecified atom stereocenters. The summed E-state index contributed by atoms with van der Waals surface area (Å²) < 4.78 is 0.897. The molecule has 1 aromatic rings. The maximum absolute atomic E-state index is 5.94. The van der Waals surface area contributed by atoms with Crippen molar-refractivity contribution in [2.45, 2.75) is 32.1 Å². The second kappa shape index (κ2) is 5.78. The van der Waals surface area contributed by atoms with Crippen molar-refractivity contribution in [3.05, 3.63) is 16.9 Å². The van der Waals surface area contributed by atoms with Gasteiger partial charge in [-0.3, -0.25) is 0 Å². The molecule has 17 heavy (non-hydrogen) atoms. The van der Waals surface area contributed by atoms with E-state index in [9.17, 15) is 0 Å². The molecule has 0 amide bonds. The zero-order valence-corrected chi connectivity index (χ0v) is 11.5. The number of nitrogens with zero attached hydrogens (tertiary/aromatic N) is 2. The molecule has 0 radical (unpaired) electrons. The largest absolute Gasteiger partial charge is 0.354 e. The molecule has 2 rings (SSSR count). The average Bonchev–Trinajstić information content (AvgIpc) is 2.39. The van der Waals surface area contributed by atoms with Crippen molar-refractivity contribution in [3.8, 4) is 0 Å². The lowest BCUT2D eigenvalue weighted by Gasteiger charge is -2.36. The van der Waals surface area contributed by atoms with Crippen molar-refractivity contribution in [2.75, 3.05) is 18.4 Å². The molecule has 1 aromatic heterocycles. The smallest absolute Gasteiger partial charge is 0.222 e. The summed E-state index contributed by atoms with van der Waals surface area (Å²) in [5.74, 6) is 0.687. The van der Waals surface area contributed by atoms with Crippen LogP contribution in [0.25, 0.3) is 0 Å². The van der Waals surface area contributed by atoms with Gasteiger partial charge >= 0.3 is 0 Å². The molecule has 5 heteroatoms. The Bertz CT molecular complexity index is 346. The number of nitrogens with two attached hydrogens (primary N) is 1. The minimum Gasteiger partial charge on any atom is -0.354 e. The quantitative estimate of drug-likeness (QED) is 0.897. The van der Waals surface area contributed by atoms with Gasteiger partial charge in [0.05, 0.1) is 4.47 Å². The summed E-state index contributed by atoms with van der Waals surface area (Å²) in [7, 11) is 0. The van der Waals surface area contributed by atoms with Gasteiger partial charge in [0.1, 0.15) is 0 Å². The van der Waals surface area contributed by atoms with Gasteiger partial charge < -0.3 is 11.1 Å². The molecule has 1 aliphatic rings. The maximum Gasteiger partial charge on any atom is 0.222 e. The average molecular weight is 299 g/mol. The number of rotatable bonds is 4. The van der Waals surface area contributed by atoms with Gasteiger partial charge in [0.25, 0.3) is 0 Å². The van der Waals surface area contributed by atoms with Gasteiger partial charge in [0, 0.05) is 18.9 Å². The zero-order valence-electron chi connectivity index (χ0n) is 9.95. The minimum atomic E-state index is 0.245. The minimum absolute atomic E-state index is 0.245. The van der Waals surface area contributed by atoms with Crippen LogP contribution in [-0.2, 0) is 0 Å². The number of hydrogen-bond donors (Lipinski definition) is 2. The summed E-state index contributed by atoms with van der Waals surface area (Å²) >= 11 is 3.32. The highest BCUT2D eigenvalue weighted by atomic mass is 79.9. The molecule has 0 atom stereocenters. The van der Waals surface area contributed by atoms with Gasteiger partial charge in [-0.05, 0) is 40.7 Å². The third-order valence-corrected chi connectivity index (χ3v) is 4.00. The first-order valence-electron chi connectivity index (χ1n) is 6.16. The Morgan fingerprint density at radius 2 is 1.88 bits per heavy atom. The van der Waals surface area contributed by atoms with Crippen LogP contribution in [0.4, 0.5) is 5.95 Å². The molecule has 4 nitrogen and oxygen atoms in total. The summed E-state index contributed by atoms with van der Waals surface area (Å²) in [6.07, 6.45) is 9.87. The van der Waals surface area contributed by atoms with Gasteiger partial charge in [0.15, 0.2) is 0 Å². The van der Waals surface area contributed by atoms with E-state index in [2.05, 4.69) is 31.2 Å². The third-order valence-electron chi connectivity index (χ3n) is 3.59. The van der Waals surface area contributed by atoms with Crippen LogP contribution in [0.2, 0.25) is 0 Å². The van der Waals surface area contributed by atoms with Crippen molar-refractivity contribution in [3.63, 3.8) is 0 Å². The SMILES string of the molecule is NCC1(CNc2ncc(Br)cn2)CCCCC1. The van der Waals surface area contributed by atoms with Crippen LogP contribution in [-0.4, -0.2) is 23.1 Å². The second-order valence-electron chi connectivity index (χ2n) is 4.84. The van der Waals surface area contributed by atoms with E-state index < -0.39 is 0 Å². The van der Waals surface area contributed by atoms with E-state index in [0.717, 1.165) is 17.6 Å². The molecule has 1 fully saturated rings. The first-order valence-corrected chi connectivity index (χ1v) is 6.95. The lowest BCUT2D eigenvalue weighted by Crippen LogP contribution is -2.39. The normalized spacial score (nSPS) is 18.9. The number of hydrogen-bond acceptors (Lipinski definition) is 4. The highest BCUT2D eigenvalue weighted by Gasteiger charge is 2.30. The Balaban J connectivity index is 1.93. The molecular formula is C12H19BrN4. The van der Waals surface area contributed by atoms with Crippen molar-refractivity contribution in [2.24, 2.45) is 11.1 Å². The molecule has 0 aliphatic heterocycles. The number of aromatic nitrogens is 2. The van der Waals surface area contributed by atoms with E-state index in [0.29, 0.717) is 5.95 Å². The number of anilines is 1. The molecule has 1 saturated carbocycles. The van der Waals surface area contributed by atoms with Gasteiger partial charge in [-0.15, -0.1) is 0 Å². The Kier molecular flexibility index (Phi) is 4.34. The Morgan fingerprint density at radius 3 is 2.47 bits per heavy atom. The van der Waals surface area contributed by atoms with Crippen LogP contribution in [0.15, 0.2) is 16.9 Å². The predicted octanol–water partition coefficient (Wildman–Crippen LogP) is 2.56. The van der Waals surface area contributed by atoms with E-state index in [1.807, 2.05) is 0 Å². The van der Waals surface area contributed by atoms with Crippen LogP contribution in [0.1, 0.15) is 32.1 Å². The molecular weight excluding hydrogens is 280 g/mol. The molecule has 3 N–H and O–H groups in total. The molecule has 1 heterocycles. The van der Waals surface area contributed by atoms with E-state index in [4.69, 9.17) is 5.73 Å². The number of halogens is 1. The fourth-order valence-corrected chi connectivity index (χ4v) is 2.63. The van der Waals surface area contributed by atoms with Crippen LogP contribution < -0.4 is 11.1 Å². The first kappa shape index (κ1) is 12.8. The van der Waals surface area contributed by atoms with Crippen LogP contribution in [0.5, 0.6) is 0 Å². The Hall–Kier alpha value is -0.680. The highest BCUT2D eigenvalue weighted by molar-refractivity contribution is 9.10. The van der Waals surface area contributed by atoms with Crippen LogP contribution in [0, 0.1) is 5.41 Å². The topological polar surface area (TPSA) is 63.8 Å². The molecule has 0 bridgehead atoms. The van der Waals surface area contributed by atoms with Crippen molar-refractivity contribution < 1.29 is 0 Å². The van der Waals surface area contributed by atoms with E-state index in [1.54, 1.807) is 12.4 Å². The predicted molar refractivity (Wildman–Crippen MR) is 72.8 cm³/mol. The maximum atomic E-state index is 5.94. The van der Waals surface area contributed by atoms with Crippen LogP contribution in [0.3, 0.4) is 0 Å². The summed E-state index contributed by atoms with van der Waals surface area (Å²) in [6.45, 7) is 1.63. The number of nitrogens with one attached hydrogen (secondary N) is 1. The monoisotopic (exact) mass is 298 g/mol. The van der Waals surface area contributed by atoms with E-state index in [1.165, 1.54) is 32.1 Å². The lowest BCUT2D eigenvalue weighted by molar-refractivity contribution is 0.215. The summed E-state index contributed by atoms with van der Waals surface area (Å²) in [5, 5.41) is 3.31. The molecule has 94 valence electrons. The highest BCUT2D eigenvalue weighted by Crippen LogP contribution is 2.35. The zero-order chi connectivity index (χ0) is 12.1. The van der Waals surface area contributed by atoms with Crippen molar-refractivity contribution in [1.82, 2.24) is 9.97 Å². The standard InChI is InChI=1S/C12H19BrN4/c13-10-6-15-11(16-7-10)17-9-12(8-14)4-2-1-3-5-12/h6-7H,1-5,8-9,14H2,(H,15,16,17). The molecule has 0 spiro atoms. The van der Waals surface area contributed by atoms with Crippen molar-refractivity contribution in [1.29, 1.82) is 0 Å². The van der Waals surface area contributed by atoms with Crippen LogP contribution >= 0.6 is 15.9 Å². The van der Waals surface area contributed by atoms with Gasteiger partial charge in [-0.25, -0.2) is 9.97 Å². The second-order valence-corrected chi connectivity index (χ2v) is 5.76. The molecule has 1 aliphatic carbocycles. The Labute approximate surface area is 111 Å². The third kappa shape index (κ3) is 3.39. The summed E-state index contributed by atoms with van der Waals surface area (Å²) in [6, 6.07) is 0. The van der Waals surface area contributed by atoms with Gasteiger partial charge in [-0.1, -0.05) is 19.3 Å². The lowest BCUT2D eigenvalue weighted by atomic mass is 9.74. The first-order chi connectivity index (χ1) is 8.24. The van der Waals surface area contributed by atoms with E-state index in [-0.39, 0.29) is 5.41 Å². The van der Waals surface area contributed by atoms with E-state index >= 15 is 0 Å². The molecule has 0 aromatic carbocycles. The summed E-state index contributed by atoms with van der Waals surface area (Å²) in [4.78, 5) is 8.44.